The fourth-order valence-corrected chi connectivity index (χ4v) is 1.44. The van der Waals surface area contributed by atoms with Gasteiger partial charge in [-0.1, -0.05) is 13.8 Å². The molecule has 1 aromatic rings. The van der Waals surface area contributed by atoms with Gasteiger partial charge in [-0.15, -0.1) is 11.3 Å². The van der Waals surface area contributed by atoms with Gasteiger partial charge in [0, 0.05) is 11.3 Å². The third-order valence-corrected chi connectivity index (χ3v) is 2.50. The predicted octanol–water partition coefficient (Wildman–Crippen LogP) is 1.96. The molecule has 0 aliphatic carbocycles. The van der Waals surface area contributed by atoms with Gasteiger partial charge in [0.1, 0.15) is 0 Å². The Hall–Kier alpha value is -0.900. The van der Waals surface area contributed by atoms with Crippen LogP contribution in [-0.2, 0) is 6.54 Å². The Balaban J connectivity index is 2.56. The highest BCUT2D eigenvalue weighted by Crippen LogP contribution is 2.08. The van der Waals surface area contributed by atoms with E-state index in [0.717, 1.165) is 10.7 Å². The normalized spacial score (nSPS) is 12.5. The van der Waals surface area contributed by atoms with Gasteiger partial charge in [0.15, 0.2) is 0 Å². The Labute approximate surface area is 82.7 Å². The molecule has 1 aromatic heterocycles. The summed E-state index contributed by atoms with van der Waals surface area (Å²) in [5.74, 6) is 1.02. The number of hydrogen-bond donors (Lipinski definition) is 1. The molecule has 3 nitrogen and oxygen atoms in total. The first kappa shape index (κ1) is 10.2. The van der Waals surface area contributed by atoms with Crippen molar-refractivity contribution >= 4 is 17.2 Å². The van der Waals surface area contributed by atoms with Crippen molar-refractivity contribution in [3.8, 4) is 0 Å². The van der Waals surface area contributed by atoms with E-state index in [9.17, 15) is 0 Å². The molecule has 4 heteroatoms. The van der Waals surface area contributed by atoms with Crippen LogP contribution < -0.4 is 5.73 Å². The van der Waals surface area contributed by atoms with E-state index in [1.165, 1.54) is 0 Å². The lowest BCUT2D eigenvalue weighted by Gasteiger charge is -2.02. The average Bonchev–Trinajstić information content (AvgIpc) is 2.47. The molecule has 0 atom stereocenters. The molecule has 1 heterocycles. The third-order valence-electron chi connectivity index (χ3n) is 1.68. The van der Waals surface area contributed by atoms with Gasteiger partial charge < -0.3 is 5.73 Å². The van der Waals surface area contributed by atoms with Crippen molar-refractivity contribution < 1.29 is 0 Å². The van der Waals surface area contributed by atoms with Crippen molar-refractivity contribution in [3.05, 3.63) is 16.1 Å². The molecule has 13 heavy (non-hydrogen) atoms. The average molecular weight is 197 g/mol. The molecule has 2 N–H and O–H groups in total. The van der Waals surface area contributed by atoms with Gasteiger partial charge in [-0.2, -0.15) is 0 Å². The summed E-state index contributed by atoms with van der Waals surface area (Å²) in [6.45, 7) is 6.66. The maximum absolute atomic E-state index is 5.70. The summed E-state index contributed by atoms with van der Waals surface area (Å²) in [6.07, 6.45) is 0. The van der Waals surface area contributed by atoms with E-state index >= 15 is 0 Å². The SMILES string of the molecule is Cc1nc(CN=C(N)C(C)C)cs1. The topological polar surface area (TPSA) is 51.3 Å². The van der Waals surface area contributed by atoms with Crippen molar-refractivity contribution in [3.63, 3.8) is 0 Å². The Morgan fingerprint density at radius 2 is 2.38 bits per heavy atom. The van der Waals surface area contributed by atoms with Crippen LogP contribution in [0.5, 0.6) is 0 Å². The van der Waals surface area contributed by atoms with Crippen molar-refractivity contribution in [2.24, 2.45) is 16.6 Å². The molecule has 0 aliphatic rings. The first-order valence-corrected chi connectivity index (χ1v) is 5.18. The molecule has 0 unspecified atom stereocenters. The number of aromatic nitrogens is 1. The number of nitrogens with zero attached hydrogens (tertiary/aromatic N) is 2. The summed E-state index contributed by atoms with van der Waals surface area (Å²) in [5.41, 5.74) is 6.70. The van der Waals surface area contributed by atoms with E-state index < -0.39 is 0 Å². The lowest BCUT2D eigenvalue weighted by atomic mass is 10.2. The summed E-state index contributed by atoms with van der Waals surface area (Å²) < 4.78 is 0. The van der Waals surface area contributed by atoms with Gasteiger partial charge in [0.2, 0.25) is 0 Å². The van der Waals surface area contributed by atoms with E-state index in [1.54, 1.807) is 11.3 Å². The molecular weight excluding hydrogens is 182 g/mol. The van der Waals surface area contributed by atoms with E-state index in [-0.39, 0.29) is 0 Å². The van der Waals surface area contributed by atoms with Crippen LogP contribution in [0.2, 0.25) is 0 Å². The number of thiazole rings is 1. The second-order valence-electron chi connectivity index (χ2n) is 3.25. The second-order valence-corrected chi connectivity index (χ2v) is 4.32. The molecule has 0 amide bonds. The van der Waals surface area contributed by atoms with Crippen LogP contribution in [0.25, 0.3) is 0 Å². The Morgan fingerprint density at radius 1 is 1.69 bits per heavy atom. The van der Waals surface area contributed by atoms with Crippen LogP contribution in [0.3, 0.4) is 0 Å². The maximum atomic E-state index is 5.70. The highest BCUT2D eigenvalue weighted by molar-refractivity contribution is 7.09. The van der Waals surface area contributed by atoms with Crippen LogP contribution >= 0.6 is 11.3 Å². The highest BCUT2D eigenvalue weighted by Gasteiger charge is 2.00. The number of amidine groups is 1. The van der Waals surface area contributed by atoms with Crippen LogP contribution in [0.1, 0.15) is 24.5 Å². The number of hydrogen-bond acceptors (Lipinski definition) is 3. The van der Waals surface area contributed by atoms with E-state index in [2.05, 4.69) is 9.98 Å². The van der Waals surface area contributed by atoms with Crippen molar-refractivity contribution in [1.29, 1.82) is 0 Å². The monoisotopic (exact) mass is 197 g/mol. The number of aliphatic imine (C=N–C) groups is 1. The van der Waals surface area contributed by atoms with Crippen molar-refractivity contribution in [2.45, 2.75) is 27.3 Å². The quantitative estimate of drug-likeness (QED) is 0.595. The Morgan fingerprint density at radius 3 is 2.85 bits per heavy atom. The lowest BCUT2D eigenvalue weighted by molar-refractivity contribution is 0.850. The number of aryl methyl sites for hydroxylation is 1. The summed E-state index contributed by atoms with van der Waals surface area (Å²) in [5, 5.41) is 3.10. The molecule has 0 saturated carbocycles. The van der Waals surface area contributed by atoms with Gasteiger partial charge in [-0.25, -0.2) is 4.98 Å². The van der Waals surface area contributed by atoms with Crippen LogP contribution in [0.4, 0.5) is 0 Å². The van der Waals surface area contributed by atoms with E-state index in [1.807, 2.05) is 26.2 Å². The minimum atomic E-state index is 0.319. The number of nitrogens with two attached hydrogens (primary N) is 1. The van der Waals surface area contributed by atoms with Gasteiger partial charge in [0.05, 0.1) is 23.1 Å². The zero-order valence-electron chi connectivity index (χ0n) is 8.24. The third kappa shape index (κ3) is 3.14. The highest BCUT2D eigenvalue weighted by atomic mass is 32.1. The van der Waals surface area contributed by atoms with Crippen molar-refractivity contribution in [2.75, 3.05) is 0 Å². The summed E-state index contributed by atoms with van der Waals surface area (Å²) >= 11 is 1.64. The number of rotatable bonds is 3. The maximum Gasteiger partial charge on any atom is 0.0967 e. The zero-order valence-corrected chi connectivity index (χ0v) is 9.06. The van der Waals surface area contributed by atoms with Crippen LogP contribution in [0.15, 0.2) is 10.4 Å². The molecule has 0 bridgehead atoms. The molecule has 0 radical (unpaired) electrons. The Kier molecular flexibility index (Phi) is 3.42. The summed E-state index contributed by atoms with van der Waals surface area (Å²) in [6, 6.07) is 0. The predicted molar refractivity (Wildman–Crippen MR) is 57.0 cm³/mol. The van der Waals surface area contributed by atoms with Gasteiger partial charge in [-0.05, 0) is 6.92 Å². The summed E-state index contributed by atoms with van der Waals surface area (Å²) in [7, 11) is 0. The Bertz CT molecular complexity index is 302. The van der Waals surface area contributed by atoms with E-state index in [0.29, 0.717) is 18.3 Å². The smallest absolute Gasteiger partial charge is 0.0967 e. The molecule has 0 fully saturated rings. The van der Waals surface area contributed by atoms with Crippen LogP contribution in [0, 0.1) is 12.8 Å². The molecule has 0 aliphatic heterocycles. The van der Waals surface area contributed by atoms with Crippen molar-refractivity contribution in [1.82, 2.24) is 4.98 Å². The zero-order chi connectivity index (χ0) is 9.84. The minimum Gasteiger partial charge on any atom is -0.387 e. The van der Waals surface area contributed by atoms with Gasteiger partial charge >= 0.3 is 0 Å². The first-order chi connectivity index (χ1) is 6.09. The molecule has 0 saturated heterocycles. The second kappa shape index (κ2) is 4.37. The van der Waals surface area contributed by atoms with Gasteiger partial charge in [0.25, 0.3) is 0 Å². The molecule has 0 spiro atoms. The largest absolute Gasteiger partial charge is 0.387 e. The fourth-order valence-electron chi connectivity index (χ4n) is 0.836. The van der Waals surface area contributed by atoms with Crippen LogP contribution in [-0.4, -0.2) is 10.8 Å². The molecule has 72 valence electrons. The molecule has 0 aromatic carbocycles. The standard InChI is InChI=1S/C9H15N3S/c1-6(2)9(10)11-4-8-5-13-7(3)12-8/h5-6H,4H2,1-3H3,(H2,10,11). The molecule has 1 rings (SSSR count). The fraction of sp³-hybridized carbons (Fsp3) is 0.556. The first-order valence-electron chi connectivity index (χ1n) is 4.30. The van der Waals surface area contributed by atoms with E-state index in [4.69, 9.17) is 5.73 Å². The molecular formula is C9H15N3S. The van der Waals surface area contributed by atoms with Gasteiger partial charge in [-0.3, -0.25) is 4.99 Å². The lowest BCUT2D eigenvalue weighted by Crippen LogP contribution is -2.18. The summed E-state index contributed by atoms with van der Waals surface area (Å²) in [4.78, 5) is 8.54. The minimum absolute atomic E-state index is 0.319.